The Bertz CT molecular complexity index is 276. The molecule has 0 bridgehead atoms. The molecule has 0 atom stereocenters. The minimum absolute atomic E-state index is 1.00. The molecule has 1 heteroatoms. The zero-order chi connectivity index (χ0) is 11.4. The predicted octanol–water partition coefficient (Wildman–Crippen LogP) is 3.29. The number of aryl methyl sites for hydroxylation is 1. The van der Waals surface area contributed by atoms with Crippen LogP contribution in [0.25, 0.3) is 0 Å². The molecule has 15 heavy (non-hydrogen) atoms. The van der Waals surface area contributed by atoms with Crippen molar-refractivity contribution in [3.05, 3.63) is 72.3 Å². The van der Waals surface area contributed by atoms with E-state index in [1.807, 2.05) is 54.6 Å². The molecule has 1 N–H and O–H groups in total. The van der Waals surface area contributed by atoms with E-state index < -0.39 is 0 Å². The highest BCUT2D eigenvalue weighted by molar-refractivity contribution is 5.11. The maximum absolute atomic E-state index is 7.00. The minimum atomic E-state index is 1.00. The third-order valence-electron chi connectivity index (χ3n) is 1.61. The van der Waals surface area contributed by atoms with Gasteiger partial charge in [-0.3, -0.25) is 0 Å². The van der Waals surface area contributed by atoms with Gasteiger partial charge in [0.25, 0.3) is 0 Å². The average Bonchev–Trinajstić information content (AvgIpc) is 2.36. The highest BCUT2D eigenvalue weighted by atomic mass is 16.2. The Balaban J connectivity index is 0.000000227. The van der Waals surface area contributed by atoms with Crippen LogP contribution in [0.2, 0.25) is 0 Å². The summed E-state index contributed by atoms with van der Waals surface area (Å²) in [7, 11) is 1.00. The maximum atomic E-state index is 7.00. The molecule has 80 valence electrons. The van der Waals surface area contributed by atoms with Gasteiger partial charge in [-0.05, 0) is 6.92 Å². The van der Waals surface area contributed by atoms with Crippen LogP contribution in [0.15, 0.2) is 66.7 Å². The second kappa shape index (κ2) is 10.5. The second-order valence-corrected chi connectivity index (χ2v) is 2.81. The fraction of sp³-hybridized carbons (Fsp3) is 0.143. The summed E-state index contributed by atoms with van der Waals surface area (Å²) in [6, 6.07) is 22.3. The molecule has 1 nitrogen and oxygen atoms in total. The number of benzene rings is 2. The van der Waals surface area contributed by atoms with Crippen LogP contribution in [0.1, 0.15) is 5.56 Å². The lowest BCUT2D eigenvalue weighted by Crippen LogP contribution is -1.62. The maximum Gasteiger partial charge on any atom is 0.0319 e. The van der Waals surface area contributed by atoms with Crippen LogP contribution in [-0.4, -0.2) is 12.2 Å². The van der Waals surface area contributed by atoms with E-state index in [1.165, 1.54) is 5.56 Å². The first-order valence-corrected chi connectivity index (χ1v) is 4.86. The monoisotopic (exact) mass is 202 g/mol. The summed E-state index contributed by atoms with van der Waals surface area (Å²) < 4.78 is 0. The Labute approximate surface area is 92.0 Å². The number of aliphatic hydroxyl groups excluding tert-OH is 1. The molecule has 0 aliphatic carbocycles. The topological polar surface area (TPSA) is 20.2 Å². The van der Waals surface area contributed by atoms with Crippen LogP contribution in [0, 0.1) is 6.92 Å². The van der Waals surface area contributed by atoms with Gasteiger partial charge in [-0.15, -0.1) is 0 Å². The van der Waals surface area contributed by atoms with Crippen molar-refractivity contribution in [2.45, 2.75) is 6.92 Å². The van der Waals surface area contributed by atoms with Crippen molar-refractivity contribution < 1.29 is 5.11 Å². The van der Waals surface area contributed by atoms with Gasteiger partial charge in [0.1, 0.15) is 0 Å². The van der Waals surface area contributed by atoms with Gasteiger partial charge in [-0.1, -0.05) is 72.3 Å². The zero-order valence-corrected chi connectivity index (χ0v) is 9.30. The SMILES string of the molecule is CO.Cc1ccccc1.c1ccccc1. The van der Waals surface area contributed by atoms with E-state index in [9.17, 15) is 0 Å². The van der Waals surface area contributed by atoms with Gasteiger partial charge in [-0.2, -0.15) is 0 Å². The first-order chi connectivity index (χ1) is 7.39. The van der Waals surface area contributed by atoms with Crippen molar-refractivity contribution in [2.75, 3.05) is 7.11 Å². The zero-order valence-electron chi connectivity index (χ0n) is 9.30. The molecule has 0 saturated carbocycles. The van der Waals surface area contributed by atoms with E-state index >= 15 is 0 Å². The summed E-state index contributed by atoms with van der Waals surface area (Å²) in [6.07, 6.45) is 0. The number of aliphatic hydroxyl groups is 1. The van der Waals surface area contributed by atoms with Gasteiger partial charge in [-0.25, -0.2) is 0 Å². The summed E-state index contributed by atoms with van der Waals surface area (Å²) in [5.41, 5.74) is 1.32. The van der Waals surface area contributed by atoms with E-state index in [1.54, 1.807) is 0 Å². The molecule has 2 rings (SSSR count). The van der Waals surface area contributed by atoms with E-state index in [0.29, 0.717) is 0 Å². The molecule has 0 saturated heterocycles. The fourth-order valence-corrected chi connectivity index (χ4v) is 0.919. The summed E-state index contributed by atoms with van der Waals surface area (Å²) in [4.78, 5) is 0. The standard InChI is InChI=1S/C7H8.C6H6.CH4O/c1-7-5-3-2-4-6-7;1-2-4-6-5-3-1;1-2/h2-6H,1H3;1-6H;2H,1H3. The van der Waals surface area contributed by atoms with Gasteiger partial charge in [0, 0.05) is 7.11 Å². The van der Waals surface area contributed by atoms with Gasteiger partial charge < -0.3 is 5.11 Å². The van der Waals surface area contributed by atoms with Crippen molar-refractivity contribution in [2.24, 2.45) is 0 Å². The first kappa shape index (κ1) is 13.4. The Kier molecular flexibility index (Phi) is 9.36. The van der Waals surface area contributed by atoms with Crippen molar-refractivity contribution in [1.82, 2.24) is 0 Å². The number of rotatable bonds is 0. The Hall–Kier alpha value is -1.60. The lowest BCUT2D eigenvalue weighted by molar-refractivity contribution is 0.399. The van der Waals surface area contributed by atoms with Crippen molar-refractivity contribution in [3.8, 4) is 0 Å². The highest BCUT2D eigenvalue weighted by Crippen LogP contribution is 1.92. The normalized spacial score (nSPS) is 7.67. The van der Waals surface area contributed by atoms with Gasteiger partial charge in [0.05, 0.1) is 0 Å². The van der Waals surface area contributed by atoms with Crippen LogP contribution in [0.4, 0.5) is 0 Å². The number of hydrogen-bond donors (Lipinski definition) is 1. The molecule has 2 aromatic carbocycles. The summed E-state index contributed by atoms with van der Waals surface area (Å²) in [6.45, 7) is 2.08. The van der Waals surface area contributed by atoms with Crippen LogP contribution < -0.4 is 0 Å². The van der Waals surface area contributed by atoms with Gasteiger partial charge in [0.15, 0.2) is 0 Å². The molecular formula is C14H18O. The Morgan fingerprint density at radius 1 is 0.600 bits per heavy atom. The van der Waals surface area contributed by atoms with E-state index in [4.69, 9.17) is 5.11 Å². The van der Waals surface area contributed by atoms with Crippen molar-refractivity contribution in [1.29, 1.82) is 0 Å². The third kappa shape index (κ3) is 8.72. The lowest BCUT2D eigenvalue weighted by Gasteiger charge is -1.82. The molecule has 2 aromatic rings. The van der Waals surface area contributed by atoms with Crippen molar-refractivity contribution in [3.63, 3.8) is 0 Å². The highest BCUT2D eigenvalue weighted by Gasteiger charge is 1.72. The van der Waals surface area contributed by atoms with Gasteiger partial charge in [0.2, 0.25) is 0 Å². The van der Waals surface area contributed by atoms with Gasteiger partial charge >= 0.3 is 0 Å². The quantitative estimate of drug-likeness (QED) is 0.695. The second-order valence-electron chi connectivity index (χ2n) is 2.81. The molecule has 0 radical (unpaired) electrons. The summed E-state index contributed by atoms with van der Waals surface area (Å²) in [5.74, 6) is 0. The predicted molar refractivity (Wildman–Crippen MR) is 65.8 cm³/mol. The number of hydrogen-bond acceptors (Lipinski definition) is 1. The van der Waals surface area contributed by atoms with Crippen LogP contribution in [-0.2, 0) is 0 Å². The minimum Gasteiger partial charge on any atom is -0.400 e. The average molecular weight is 202 g/mol. The molecule has 0 aromatic heterocycles. The first-order valence-electron chi connectivity index (χ1n) is 4.86. The van der Waals surface area contributed by atoms with Crippen LogP contribution >= 0.6 is 0 Å². The fourth-order valence-electron chi connectivity index (χ4n) is 0.919. The summed E-state index contributed by atoms with van der Waals surface area (Å²) in [5, 5.41) is 7.00. The largest absolute Gasteiger partial charge is 0.400 e. The Morgan fingerprint density at radius 2 is 0.867 bits per heavy atom. The molecular weight excluding hydrogens is 184 g/mol. The summed E-state index contributed by atoms with van der Waals surface area (Å²) >= 11 is 0. The Morgan fingerprint density at radius 3 is 1.07 bits per heavy atom. The molecule has 0 aliphatic heterocycles. The van der Waals surface area contributed by atoms with E-state index in [2.05, 4.69) is 19.1 Å². The molecule has 0 unspecified atom stereocenters. The molecule has 0 heterocycles. The van der Waals surface area contributed by atoms with Crippen molar-refractivity contribution >= 4 is 0 Å². The smallest absolute Gasteiger partial charge is 0.0319 e. The van der Waals surface area contributed by atoms with E-state index in [0.717, 1.165) is 7.11 Å². The molecule has 0 spiro atoms. The van der Waals surface area contributed by atoms with Crippen LogP contribution in [0.5, 0.6) is 0 Å². The van der Waals surface area contributed by atoms with E-state index in [-0.39, 0.29) is 0 Å². The molecule has 0 amide bonds. The van der Waals surface area contributed by atoms with Crippen LogP contribution in [0.3, 0.4) is 0 Å². The molecule has 0 fully saturated rings. The molecule has 0 aliphatic rings. The lowest BCUT2D eigenvalue weighted by atomic mass is 10.2. The third-order valence-corrected chi connectivity index (χ3v) is 1.61.